The highest BCUT2D eigenvalue weighted by atomic mass is 32.2. The van der Waals surface area contributed by atoms with Crippen molar-refractivity contribution in [1.82, 2.24) is 14.8 Å². The number of aliphatic carboxylic acids is 1. The van der Waals surface area contributed by atoms with Crippen molar-refractivity contribution in [2.45, 2.75) is 24.8 Å². The Balaban J connectivity index is 1.97. The van der Waals surface area contributed by atoms with Crippen LogP contribution in [0.15, 0.2) is 47.6 Å². The van der Waals surface area contributed by atoms with E-state index in [4.69, 9.17) is 9.84 Å². The van der Waals surface area contributed by atoms with Crippen LogP contribution < -0.4 is 9.46 Å². The Labute approximate surface area is 167 Å². The summed E-state index contributed by atoms with van der Waals surface area (Å²) >= 11 is 0. The largest absolute Gasteiger partial charge is 0.495 e. The van der Waals surface area contributed by atoms with E-state index in [2.05, 4.69) is 14.8 Å². The zero-order chi connectivity index (χ0) is 21.2. The lowest BCUT2D eigenvalue weighted by molar-refractivity contribution is -0.131. The molecule has 9 nitrogen and oxygen atoms in total. The number of carbonyl (C=O) groups is 1. The molecular weight excluding hydrogens is 396 g/mol. The number of carboxylic acids is 1. The molecule has 0 spiro atoms. The van der Waals surface area contributed by atoms with Crippen LogP contribution in [0.25, 0.3) is 17.1 Å². The molecule has 0 aliphatic heterocycles. The zero-order valence-corrected chi connectivity index (χ0v) is 16.8. The van der Waals surface area contributed by atoms with E-state index in [0.29, 0.717) is 16.6 Å². The molecule has 29 heavy (non-hydrogen) atoms. The number of aromatic nitrogens is 3. The first-order valence-electron chi connectivity index (χ1n) is 8.66. The number of methoxy groups -OCH3 is 1. The third-order valence-electron chi connectivity index (χ3n) is 4.07. The van der Waals surface area contributed by atoms with E-state index >= 15 is 0 Å². The third-order valence-corrected chi connectivity index (χ3v) is 5.47. The average molecular weight is 416 g/mol. The first-order valence-corrected chi connectivity index (χ1v) is 10.1. The number of nitrogens with one attached hydrogen (secondary N) is 1. The van der Waals surface area contributed by atoms with Crippen molar-refractivity contribution in [1.29, 1.82) is 0 Å². The summed E-state index contributed by atoms with van der Waals surface area (Å²) in [5, 5.41) is 13.7. The van der Waals surface area contributed by atoms with Crippen molar-refractivity contribution in [2.24, 2.45) is 0 Å². The van der Waals surface area contributed by atoms with Gasteiger partial charge in [0.1, 0.15) is 10.6 Å². The molecule has 1 aromatic carbocycles. The number of nitrogens with zero attached hydrogens (tertiary/aromatic N) is 3. The maximum Gasteiger partial charge on any atom is 0.328 e. The number of fused-ring (bicyclic) bond motifs is 1. The lowest BCUT2D eigenvalue weighted by atomic mass is 10.2. The molecule has 2 heterocycles. The molecule has 0 saturated heterocycles. The van der Waals surface area contributed by atoms with E-state index in [1.54, 1.807) is 23.0 Å². The first kappa shape index (κ1) is 20.3. The third kappa shape index (κ3) is 4.37. The predicted molar refractivity (Wildman–Crippen MR) is 108 cm³/mol. The highest BCUT2D eigenvalue weighted by Crippen LogP contribution is 2.28. The smallest absolute Gasteiger partial charge is 0.328 e. The molecule has 0 aliphatic carbocycles. The van der Waals surface area contributed by atoms with Crippen molar-refractivity contribution >= 4 is 38.8 Å². The topological polar surface area (TPSA) is 123 Å². The molecular formula is C19H20N4O5S. The Hall–Kier alpha value is -3.40. The van der Waals surface area contributed by atoms with Crippen LogP contribution in [-0.4, -0.2) is 41.4 Å². The van der Waals surface area contributed by atoms with E-state index < -0.39 is 16.0 Å². The van der Waals surface area contributed by atoms with E-state index in [-0.39, 0.29) is 22.4 Å². The molecule has 10 heteroatoms. The molecule has 0 aliphatic rings. The Morgan fingerprint density at radius 2 is 2.03 bits per heavy atom. The summed E-state index contributed by atoms with van der Waals surface area (Å²) in [5.74, 6) is -1.00. The van der Waals surface area contributed by atoms with Gasteiger partial charge in [0.15, 0.2) is 5.65 Å². The number of carboxylic acid groups (broad SMARTS) is 1. The van der Waals surface area contributed by atoms with Gasteiger partial charge in [-0.3, -0.25) is 4.72 Å². The summed E-state index contributed by atoms with van der Waals surface area (Å²) in [5.41, 5.74) is 1.33. The Bertz CT molecular complexity index is 1200. The van der Waals surface area contributed by atoms with Crippen LogP contribution in [0.1, 0.15) is 25.5 Å². The molecule has 3 aromatic rings. The van der Waals surface area contributed by atoms with Gasteiger partial charge < -0.3 is 9.84 Å². The summed E-state index contributed by atoms with van der Waals surface area (Å²) < 4.78 is 35.3. The van der Waals surface area contributed by atoms with Crippen molar-refractivity contribution in [3.8, 4) is 5.75 Å². The van der Waals surface area contributed by atoms with Gasteiger partial charge in [-0.05, 0) is 43.7 Å². The van der Waals surface area contributed by atoms with Crippen LogP contribution in [-0.2, 0) is 14.8 Å². The molecule has 0 fully saturated rings. The number of sulfonamides is 1. The summed E-state index contributed by atoms with van der Waals surface area (Å²) in [6.45, 7) is 3.95. The van der Waals surface area contributed by atoms with E-state index in [1.165, 1.54) is 31.5 Å². The van der Waals surface area contributed by atoms with Gasteiger partial charge in [-0.15, -0.1) is 0 Å². The van der Waals surface area contributed by atoms with Crippen LogP contribution in [0.4, 0.5) is 5.69 Å². The van der Waals surface area contributed by atoms with Crippen molar-refractivity contribution < 1.29 is 23.1 Å². The lowest BCUT2D eigenvalue weighted by Crippen LogP contribution is -2.14. The second kappa shape index (κ2) is 7.92. The number of rotatable bonds is 7. The van der Waals surface area contributed by atoms with Crippen molar-refractivity contribution in [3.05, 3.63) is 48.3 Å². The van der Waals surface area contributed by atoms with Crippen LogP contribution in [0.2, 0.25) is 0 Å². The minimum absolute atomic E-state index is 0.119. The normalized spacial score (nSPS) is 12.0. The fraction of sp³-hybridized carbons (Fsp3) is 0.211. The molecule has 0 saturated carbocycles. The van der Waals surface area contributed by atoms with Gasteiger partial charge in [-0.1, -0.05) is 6.07 Å². The lowest BCUT2D eigenvalue weighted by Gasteiger charge is -2.12. The summed E-state index contributed by atoms with van der Waals surface area (Å²) in [7, 11) is -2.66. The van der Waals surface area contributed by atoms with Crippen LogP contribution in [0.3, 0.4) is 0 Å². The standard InChI is InChI=1S/C19H20N4O5S/c1-12(2)23-19-14(10-21-23)9-15(11-20-19)22-29(26,27)17-8-13(5-7-18(24)25)4-6-16(17)28-3/h4-12,22H,1-3H3,(H,24,25)/b7-5+. The SMILES string of the molecule is COc1ccc(/C=C/C(=O)O)cc1S(=O)(=O)Nc1cnc2c(cnn2C(C)C)c1. The van der Waals surface area contributed by atoms with Crippen LogP contribution >= 0.6 is 0 Å². The predicted octanol–water partition coefficient (Wildman–Crippen LogP) is 2.92. The Kier molecular flexibility index (Phi) is 5.55. The first-order chi connectivity index (χ1) is 13.7. The number of benzene rings is 1. The molecule has 0 bridgehead atoms. The highest BCUT2D eigenvalue weighted by Gasteiger charge is 2.21. The highest BCUT2D eigenvalue weighted by molar-refractivity contribution is 7.92. The minimum Gasteiger partial charge on any atom is -0.495 e. The second-order valence-electron chi connectivity index (χ2n) is 6.51. The maximum absolute atomic E-state index is 12.9. The van der Waals surface area contributed by atoms with Gasteiger partial charge in [-0.25, -0.2) is 22.9 Å². The van der Waals surface area contributed by atoms with Gasteiger partial charge >= 0.3 is 5.97 Å². The Morgan fingerprint density at radius 3 is 2.69 bits per heavy atom. The Morgan fingerprint density at radius 1 is 1.28 bits per heavy atom. The molecule has 152 valence electrons. The van der Waals surface area contributed by atoms with Crippen molar-refractivity contribution in [2.75, 3.05) is 11.8 Å². The molecule has 0 amide bonds. The summed E-state index contributed by atoms with van der Waals surface area (Å²) in [6, 6.07) is 6.12. The van der Waals surface area contributed by atoms with E-state index in [1.807, 2.05) is 13.8 Å². The number of hydrogen-bond acceptors (Lipinski definition) is 6. The monoisotopic (exact) mass is 416 g/mol. The van der Waals surface area contributed by atoms with Gasteiger partial charge in [0.2, 0.25) is 0 Å². The van der Waals surface area contributed by atoms with Gasteiger partial charge in [0.25, 0.3) is 10.0 Å². The van der Waals surface area contributed by atoms with Crippen molar-refractivity contribution in [3.63, 3.8) is 0 Å². The van der Waals surface area contributed by atoms with Gasteiger partial charge in [0.05, 0.1) is 25.2 Å². The van der Waals surface area contributed by atoms with Gasteiger partial charge in [0, 0.05) is 17.5 Å². The molecule has 2 aromatic heterocycles. The summed E-state index contributed by atoms with van der Waals surface area (Å²) in [6.07, 6.45) is 5.27. The quantitative estimate of drug-likeness (QED) is 0.568. The molecule has 0 unspecified atom stereocenters. The molecule has 0 atom stereocenters. The fourth-order valence-corrected chi connectivity index (χ4v) is 4.00. The second-order valence-corrected chi connectivity index (χ2v) is 8.16. The average Bonchev–Trinajstić information content (AvgIpc) is 3.09. The fourth-order valence-electron chi connectivity index (χ4n) is 2.76. The molecule has 2 N–H and O–H groups in total. The van der Waals surface area contributed by atoms with Crippen LogP contribution in [0, 0.1) is 0 Å². The molecule has 0 radical (unpaired) electrons. The summed E-state index contributed by atoms with van der Waals surface area (Å²) in [4.78, 5) is 14.9. The minimum atomic E-state index is -4.02. The number of ether oxygens (including phenoxy) is 1. The number of anilines is 1. The molecule has 3 rings (SSSR count). The van der Waals surface area contributed by atoms with Gasteiger partial charge in [-0.2, -0.15) is 5.10 Å². The number of hydrogen-bond donors (Lipinski definition) is 2. The van der Waals surface area contributed by atoms with Crippen LogP contribution in [0.5, 0.6) is 5.75 Å². The maximum atomic E-state index is 12.9. The number of pyridine rings is 1. The van der Waals surface area contributed by atoms with E-state index in [0.717, 1.165) is 6.08 Å². The zero-order valence-electron chi connectivity index (χ0n) is 16.0. The van der Waals surface area contributed by atoms with E-state index in [9.17, 15) is 13.2 Å².